The molecule has 0 amide bonds. The zero-order valence-corrected chi connectivity index (χ0v) is 15.6. The maximum Gasteiger partial charge on any atom is 0.263 e. The van der Waals surface area contributed by atoms with E-state index in [0.717, 1.165) is 18.5 Å². The van der Waals surface area contributed by atoms with Gasteiger partial charge >= 0.3 is 0 Å². The molecule has 4 aromatic rings. The fourth-order valence-corrected chi connectivity index (χ4v) is 4.03. The molecule has 2 aromatic carbocycles. The molecule has 140 valence electrons. The van der Waals surface area contributed by atoms with Crippen LogP contribution in [-0.4, -0.2) is 19.7 Å². The number of para-hydroxylation sites is 1. The number of fused-ring (bicyclic) bond motifs is 2. The Balaban J connectivity index is 1.58. The second kappa shape index (κ2) is 6.64. The molecule has 0 saturated carbocycles. The minimum Gasteiger partial charge on any atom is -0.349 e. The van der Waals surface area contributed by atoms with Gasteiger partial charge in [-0.2, -0.15) is 10.1 Å². The van der Waals surface area contributed by atoms with E-state index in [1.165, 1.54) is 11.1 Å². The molecular formula is C22H21N5O. The van der Waals surface area contributed by atoms with Crippen LogP contribution in [0.5, 0.6) is 0 Å². The molecule has 0 fully saturated rings. The first-order valence-electron chi connectivity index (χ1n) is 9.58. The first-order valence-corrected chi connectivity index (χ1v) is 9.58. The van der Waals surface area contributed by atoms with Crippen molar-refractivity contribution >= 4 is 17.0 Å². The van der Waals surface area contributed by atoms with Crippen molar-refractivity contribution in [2.45, 2.75) is 25.8 Å². The molecule has 28 heavy (non-hydrogen) atoms. The third kappa shape index (κ3) is 2.78. The molecular weight excluding hydrogens is 350 g/mol. The lowest BCUT2D eigenvalue weighted by Crippen LogP contribution is -2.26. The summed E-state index contributed by atoms with van der Waals surface area (Å²) >= 11 is 0. The van der Waals surface area contributed by atoms with Gasteiger partial charge in [0, 0.05) is 0 Å². The highest BCUT2D eigenvalue weighted by molar-refractivity contribution is 5.76. The van der Waals surface area contributed by atoms with Crippen molar-refractivity contribution in [3.8, 4) is 5.69 Å². The smallest absolute Gasteiger partial charge is 0.263 e. The molecule has 0 spiro atoms. The Bertz CT molecular complexity index is 1190. The monoisotopic (exact) mass is 371 g/mol. The molecule has 2 unspecified atom stereocenters. The molecule has 2 heterocycles. The number of rotatable bonds is 3. The van der Waals surface area contributed by atoms with Crippen molar-refractivity contribution in [2.24, 2.45) is 5.92 Å². The Morgan fingerprint density at radius 1 is 1.11 bits per heavy atom. The van der Waals surface area contributed by atoms with E-state index in [2.05, 4.69) is 46.6 Å². The number of H-pyrrole nitrogens is 1. The van der Waals surface area contributed by atoms with E-state index in [0.29, 0.717) is 22.9 Å². The number of aromatic amines is 1. The molecule has 0 radical (unpaired) electrons. The molecule has 2 aromatic heterocycles. The number of aromatic nitrogens is 4. The minimum atomic E-state index is -0.188. The summed E-state index contributed by atoms with van der Waals surface area (Å²) in [6.45, 7) is 2.23. The van der Waals surface area contributed by atoms with E-state index in [-0.39, 0.29) is 11.6 Å². The average molecular weight is 371 g/mol. The van der Waals surface area contributed by atoms with Crippen LogP contribution < -0.4 is 10.9 Å². The predicted molar refractivity (Wildman–Crippen MR) is 110 cm³/mol. The van der Waals surface area contributed by atoms with Crippen molar-refractivity contribution in [1.29, 1.82) is 0 Å². The number of anilines is 1. The summed E-state index contributed by atoms with van der Waals surface area (Å²) < 4.78 is 1.70. The third-order valence-corrected chi connectivity index (χ3v) is 5.56. The summed E-state index contributed by atoms with van der Waals surface area (Å²) in [5.41, 5.74) is 3.87. The lowest BCUT2D eigenvalue weighted by Gasteiger charge is -2.32. The van der Waals surface area contributed by atoms with E-state index < -0.39 is 0 Å². The van der Waals surface area contributed by atoms with E-state index in [9.17, 15) is 4.79 Å². The molecule has 0 bridgehead atoms. The largest absolute Gasteiger partial charge is 0.349 e. The van der Waals surface area contributed by atoms with Crippen LogP contribution in [-0.2, 0) is 6.42 Å². The lowest BCUT2D eigenvalue weighted by molar-refractivity contribution is 0.432. The summed E-state index contributed by atoms with van der Waals surface area (Å²) in [5.74, 6) is 0.915. The maximum absolute atomic E-state index is 12.6. The number of hydrogen-bond acceptors (Lipinski definition) is 4. The molecule has 5 rings (SSSR count). The van der Waals surface area contributed by atoms with Gasteiger partial charge in [0.15, 0.2) is 5.65 Å². The Kier molecular flexibility index (Phi) is 3.97. The fourth-order valence-electron chi connectivity index (χ4n) is 4.03. The van der Waals surface area contributed by atoms with Gasteiger partial charge in [0.25, 0.3) is 5.56 Å². The van der Waals surface area contributed by atoms with Gasteiger partial charge in [0.1, 0.15) is 5.39 Å². The molecule has 0 aliphatic heterocycles. The summed E-state index contributed by atoms with van der Waals surface area (Å²) in [6, 6.07) is 18.3. The summed E-state index contributed by atoms with van der Waals surface area (Å²) in [6.07, 6.45) is 3.75. The van der Waals surface area contributed by atoms with Crippen LogP contribution in [0.25, 0.3) is 16.7 Å². The summed E-state index contributed by atoms with van der Waals surface area (Å²) in [4.78, 5) is 20.2. The number of benzene rings is 2. The van der Waals surface area contributed by atoms with Gasteiger partial charge < -0.3 is 5.32 Å². The molecule has 0 saturated heterocycles. The van der Waals surface area contributed by atoms with Crippen LogP contribution in [0.2, 0.25) is 0 Å². The minimum absolute atomic E-state index is 0.110. The topological polar surface area (TPSA) is 75.6 Å². The molecule has 6 nitrogen and oxygen atoms in total. The van der Waals surface area contributed by atoms with E-state index in [1.807, 2.05) is 30.3 Å². The van der Waals surface area contributed by atoms with Crippen molar-refractivity contribution in [3.05, 3.63) is 82.3 Å². The van der Waals surface area contributed by atoms with Crippen LogP contribution in [0.15, 0.2) is 65.6 Å². The van der Waals surface area contributed by atoms with E-state index in [4.69, 9.17) is 4.98 Å². The zero-order valence-electron chi connectivity index (χ0n) is 15.6. The molecule has 1 aliphatic rings. The van der Waals surface area contributed by atoms with Crippen molar-refractivity contribution < 1.29 is 0 Å². The molecule has 2 atom stereocenters. The highest BCUT2D eigenvalue weighted by atomic mass is 16.1. The Labute approximate surface area is 162 Å². The number of aryl methyl sites for hydroxylation is 1. The van der Waals surface area contributed by atoms with Crippen LogP contribution in [0.3, 0.4) is 0 Å². The van der Waals surface area contributed by atoms with Crippen molar-refractivity contribution in [3.63, 3.8) is 0 Å². The SMILES string of the molecule is CC1CCc2ccccc2C1Nc1nc2c(cnn2-c2ccccc2)c(=O)[nH]1. The van der Waals surface area contributed by atoms with Crippen LogP contribution in [0, 0.1) is 5.92 Å². The zero-order chi connectivity index (χ0) is 19.1. The standard InChI is InChI=1S/C22H21N5O/c1-14-11-12-15-7-5-6-10-17(15)19(14)24-22-25-20-18(21(28)26-22)13-23-27(20)16-8-3-2-4-9-16/h2-10,13-14,19H,11-12H2,1H3,(H2,24,25,26,28). The average Bonchev–Trinajstić information content (AvgIpc) is 3.15. The van der Waals surface area contributed by atoms with Gasteiger partial charge in [0.05, 0.1) is 17.9 Å². The van der Waals surface area contributed by atoms with Gasteiger partial charge in [0.2, 0.25) is 5.95 Å². The van der Waals surface area contributed by atoms with Crippen molar-refractivity contribution in [2.75, 3.05) is 5.32 Å². The molecule has 2 N–H and O–H groups in total. The first kappa shape index (κ1) is 16.7. The number of nitrogens with zero attached hydrogens (tertiary/aromatic N) is 3. The van der Waals surface area contributed by atoms with Gasteiger partial charge in [-0.25, -0.2) is 4.68 Å². The highest BCUT2D eigenvalue weighted by Gasteiger charge is 2.27. The van der Waals surface area contributed by atoms with E-state index >= 15 is 0 Å². The Hall–Kier alpha value is -3.41. The molecule has 6 heteroatoms. The number of nitrogens with one attached hydrogen (secondary N) is 2. The Morgan fingerprint density at radius 3 is 2.75 bits per heavy atom. The van der Waals surface area contributed by atoms with Gasteiger partial charge in [-0.05, 0) is 42.0 Å². The van der Waals surface area contributed by atoms with Crippen LogP contribution in [0.1, 0.15) is 30.5 Å². The fraction of sp³-hybridized carbons (Fsp3) is 0.227. The number of hydrogen-bond donors (Lipinski definition) is 2. The summed E-state index contributed by atoms with van der Waals surface area (Å²) in [7, 11) is 0. The van der Waals surface area contributed by atoms with Gasteiger partial charge in [-0.1, -0.05) is 49.4 Å². The van der Waals surface area contributed by atoms with Gasteiger partial charge in [-0.15, -0.1) is 0 Å². The van der Waals surface area contributed by atoms with Crippen LogP contribution in [0.4, 0.5) is 5.95 Å². The molecule has 1 aliphatic carbocycles. The summed E-state index contributed by atoms with van der Waals surface area (Å²) in [5, 5.41) is 8.33. The Morgan fingerprint density at radius 2 is 1.89 bits per heavy atom. The predicted octanol–water partition coefficient (Wildman–Crippen LogP) is 3.84. The first-order chi connectivity index (χ1) is 13.7. The quantitative estimate of drug-likeness (QED) is 0.574. The van der Waals surface area contributed by atoms with Crippen LogP contribution >= 0.6 is 0 Å². The normalized spacial score (nSPS) is 18.8. The van der Waals surface area contributed by atoms with Crippen molar-refractivity contribution in [1.82, 2.24) is 19.7 Å². The van der Waals surface area contributed by atoms with E-state index in [1.54, 1.807) is 10.9 Å². The third-order valence-electron chi connectivity index (χ3n) is 5.56. The highest BCUT2D eigenvalue weighted by Crippen LogP contribution is 2.36. The second-order valence-electron chi connectivity index (χ2n) is 7.38. The van der Waals surface area contributed by atoms with Gasteiger partial charge in [-0.3, -0.25) is 9.78 Å². The second-order valence-corrected chi connectivity index (χ2v) is 7.38. The maximum atomic E-state index is 12.6. The lowest BCUT2D eigenvalue weighted by atomic mass is 9.81.